The molecule has 1 fully saturated rings. The van der Waals surface area contributed by atoms with Crippen LogP contribution in [-0.2, 0) is 27.7 Å². The highest BCUT2D eigenvalue weighted by Crippen LogP contribution is 2.32. The summed E-state index contributed by atoms with van der Waals surface area (Å²) in [5, 5.41) is 48.4. The summed E-state index contributed by atoms with van der Waals surface area (Å²) in [5.41, 5.74) is 1.69. The maximum Gasteiger partial charge on any atom is 0.335 e. The number of aryl methyl sites for hydroxylation is 1. The van der Waals surface area contributed by atoms with E-state index in [1.54, 1.807) is 10.9 Å². The first-order chi connectivity index (χ1) is 14.3. The Balaban J connectivity index is 1.76. The zero-order valence-electron chi connectivity index (χ0n) is 16.7. The largest absolute Gasteiger partial charge is 0.479 e. The van der Waals surface area contributed by atoms with Crippen LogP contribution < -0.4 is 5.32 Å². The summed E-state index contributed by atoms with van der Waals surface area (Å²) in [4.78, 5) is 12.2. The molecule has 10 nitrogen and oxygen atoms in total. The number of thiophene rings is 1. The highest BCUT2D eigenvalue weighted by Gasteiger charge is 2.46. The second kappa shape index (κ2) is 9.96. The van der Waals surface area contributed by atoms with Gasteiger partial charge >= 0.3 is 5.97 Å². The number of hydrogen-bond donors (Lipinski definition) is 5. The van der Waals surface area contributed by atoms with E-state index in [2.05, 4.69) is 10.4 Å². The van der Waals surface area contributed by atoms with E-state index in [4.69, 9.17) is 9.47 Å². The molecular formula is C19H27N3O7S. The molecule has 30 heavy (non-hydrogen) atoms. The van der Waals surface area contributed by atoms with Crippen LogP contribution in [0.15, 0.2) is 23.7 Å². The van der Waals surface area contributed by atoms with Crippen LogP contribution in [0.25, 0.3) is 0 Å². The van der Waals surface area contributed by atoms with Gasteiger partial charge in [0.2, 0.25) is 0 Å². The lowest BCUT2D eigenvalue weighted by atomic mass is 9.92. The van der Waals surface area contributed by atoms with E-state index in [0.717, 1.165) is 16.1 Å². The fraction of sp³-hybridized carbons (Fsp3) is 0.579. The summed E-state index contributed by atoms with van der Waals surface area (Å²) in [6.07, 6.45) is -5.72. The number of carboxylic acid groups (broad SMARTS) is 1. The van der Waals surface area contributed by atoms with Gasteiger partial charge in [-0.3, -0.25) is 4.68 Å². The van der Waals surface area contributed by atoms with E-state index in [0.29, 0.717) is 13.2 Å². The lowest BCUT2D eigenvalue weighted by Gasteiger charge is -2.38. The predicted molar refractivity (Wildman–Crippen MR) is 107 cm³/mol. The van der Waals surface area contributed by atoms with Gasteiger partial charge in [0.25, 0.3) is 0 Å². The van der Waals surface area contributed by atoms with Gasteiger partial charge in [0.1, 0.15) is 24.4 Å². The first-order valence-corrected chi connectivity index (χ1v) is 10.4. The van der Waals surface area contributed by atoms with Crippen LogP contribution in [0.5, 0.6) is 0 Å². The first kappa shape index (κ1) is 22.8. The second-order valence-corrected chi connectivity index (χ2v) is 8.14. The van der Waals surface area contributed by atoms with E-state index in [1.165, 1.54) is 11.3 Å². The van der Waals surface area contributed by atoms with Gasteiger partial charge in [-0.25, -0.2) is 4.79 Å². The van der Waals surface area contributed by atoms with Crippen molar-refractivity contribution in [3.8, 4) is 0 Å². The standard InChI is InChI=1S/C19H27N3O7S/c1-20-5-6-28-17(11-3-4-21-22(11)2)13-8-10(9-30-13)7-12-14(23)15(24)16(25)18(29-12)19(26)27/h3-4,8-9,12,14-18,20,23-25H,5-7H2,1-2H3,(H,26,27). The molecule has 0 aromatic carbocycles. The van der Waals surface area contributed by atoms with E-state index in [-0.39, 0.29) is 12.5 Å². The highest BCUT2D eigenvalue weighted by molar-refractivity contribution is 7.10. The maximum atomic E-state index is 11.3. The number of carboxylic acids is 1. The summed E-state index contributed by atoms with van der Waals surface area (Å²) in [6.45, 7) is 1.18. The average molecular weight is 442 g/mol. The number of carbonyl (C=O) groups is 1. The molecule has 1 saturated heterocycles. The van der Waals surface area contributed by atoms with Gasteiger partial charge in [-0.2, -0.15) is 5.10 Å². The van der Waals surface area contributed by atoms with Gasteiger partial charge < -0.3 is 35.2 Å². The molecule has 0 aliphatic carbocycles. The molecule has 0 radical (unpaired) electrons. The predicted octanol–water partition coefficient (Wildman–Crippen LogP) is -0.716. The van der Waals surface area contributed by atoms with Crippen molar-refractivity contribution in [3.63, 3.8) is 0 Å². The van der Waals surface area contributed by atoms with E-state index in [1.807, 2.05) is 31.6 Å². The number of nitrogens with one attached hydrogen (secondary N) is 1. The Morgan fingerprint density at radius 3 is 2.77 bits per heavy atom. The summed E-state index contributed by atoms with van der Waals surface area (Å²) >= 11 is 1.47. The van der Waals surface area contributed by atoms with Crippen LogP contribution in [0.2, 0.25) is 0 Å². The number of aliphatic hydroxyl groups excluding tert-OH is 3. The van der Waals surface area contributed by atoms with Gasteiger partial charge in [-0.15, -0.1) is 11.3 Å². The minimum Gasteiger partial charge on any atom is -0.479 e. The number of aliphatic hydroxyl groups is 3. The van der Waals surface area contributed by atoms with E-state index >= 15 is 0 Å². The van der Waals surface area contributed by atoms with Crippen molar-refractivity contribution in [2.24, 2.45) is 7.05 Å². The smallest absolute Gasteiger partial charge is 0.335 e. The zero-order valence-corrected chi connectivity index (χ0v) is 17.5. The molecule has 2 aromatic rings. The van der Waals surface area contributed by atoms with Crippen LogP contribution in [-0.4, -0.2) is 86.9 Å². The molecule has 2 aromatic heterocycles. The second-order valence-electron chi connectivity index (χ2n) is 7.20. The Morgan fingerprint density at radius 2 is 2.13 bits per heavy atom. The van der Waals surface area contributed by atoms with Gasteiger partial charge in [-0.1, -0.05) is 0 Å². The summed E-state index contributed by atoms with van der Waals surface area (Å²) in [5.74, 6) is -1.39. The molecule has 0 amide bonds. The Bertz CT molecular complexity index is 842. The van der Waals surface area contributed by atoms with Gasteiger partial charge in [0.05, 0.1) is 18.4 Å². The van der Waals surface area contributed by atoms with E-state index in [9.17, 15) is 25.2 Å². The normalized spacial score (nSPS) is 27.8. The Kier molecular flexibility index (Phi) is 7.58. The van der Waals surface area contributed by atoms with Crippen LogP contribution in [0.3, 0.4) is 0 Å². The SMILES string of the molecule is CNCCOC(c1cc(CC2OC(C(=O)O)C(O)C(O)C2O)cs1)c1ccnn1C. The number of ether oxygens (including phenoxy) is 2. The third kappa shape index (κ3) is 4.89. The first-order valence-electron chi connectivity index (χ1n) is 9.57. The van der Waals surface area contributed by atoms with Crippen LogP contribution >= 0.6 is 11.3 Å². The monoisotopic (exact) mass is 441 g/mol. The maximum absolute atomic E-state index is 11.3. The third-order valence-corrected chi connectivity index (χ3v) is 6.11. The van der Waals surface area contributed by atoms with Crippen LogP contribution in [0, 0.1) is 0 Å². The lowest BCUT2D eigenvalue weighted by Crippen LogP contribution is -2.60. The minimum absolute atomic E-state index is 0.180. The molecule has 6 atom stereocenters. The van der Waals surface area contributed by atoms with Crippen molar-refractivity contribution in [1.29, 1.82) is 0 Å². The molecule has 6 unspecified atom stereocenters. The number of rotatable bonds is 9. The highest BCUT2D eigenvalue weighted by atomic mass is 32.1. The van der Waals surface area contributed by atoms with E-state index < -0.39 is 36.5 Å². The molecule has 11 heteroatoms. The molecule has 5 N–H and O–H groups in total. The number of likely N-dealkylation sites (N-methyl/N-ethyl adjacent to an activating group) is 1. The van der Waals surface area contributed by atoms with Crippen molar-refractivity contribution in [2.45, 2.75) is 43.0 Å². The Labute approximate surface area is 177 Å². The average Bonchev–Trinajstić information content (AvgIpc) is 3.34. The molecule has 166 valence electrons. The number of nitrogens with zero attached hydrogens (tertiary/aromatic N) is 2. The van der Waals surface area contributed by atoms with Gasteiger partial charge in [0.15, 0.2) is 6.10 Å². The molecule has 1 aliphatic heterocycles. The lowest BCUT2D eigenvalue weighted by molar-refractivity contribution is -0.227. The number of aliphatic carboxylic acids is 1. The Morgan fingerprint density at radius 1 is 1.37 bits per heavy atom. The molecule has 0 bridgehead atoms. The van der Waals surface area contributed by atoms with Crippen molar-refractivity contribution >= 4 is 17.3 Å². The molecule has 0 saturated carbocycles. The number of aromatic nitrogens is 2. The molecular weight excluding hydrogens is 414 g/mol. The van der Waals surface area contributed by atoms with Crippen LogP contribution in [0.1, 0.15) is 22.2 Å². The van der Waals surface area contributed by atoms with Crippen LogP contribution in [0.4, 0.5) is 0 Å². The van der Waals surface area contributed by atoms with Crippen molar-refractivity contribution < 1.29 is 34.7 Å². The molecule has 0 spiro atoms. The summed E-state index contributed by atoms with van der Waals surface area (Å²) < 4.78 is 13.2. The Hall–Kier alpha value is -1.86. The van der Waals surface area contributed by atoms with Crippen molar-refractivity contribution in [2.75, 3.05) is 20.2 Å². The fourth-order valence-corrected chi connectivity index (χ4v) is 4.41. The topological polar surface area (TPSA) is 146 Å². The van der Waals surface area contributed by atoms with Crippen molar-refractivity contribution in [1.82, 2.24) is 15.1 Å². The van der Waals surface area contributed by atoms with Gasteiger partial charge in [-0.05, 0) is 30.1 Å². The zero-order chi connectivity index (χ0) is 21.8. The quantitative estimate of drug-likeness (QED) is 0.318. The summed E-state index contributed by atoms with van der Waals surface area (Å²) in [7, 11) is 3.68. The molecule has 3 heterocycles. The third-order valence-electron chi connectivity index (χ3n) is 5.09. The minimum atomic E-state index is -1.69. The summed E-state index contributed by atoms with van der Waals surface area (Å²) in [6, 6.07) is 3.79. The number of hydrogen-bond acceptors (Lipinski definition) is 9. The molecule has 3 rings (SSSR count). The molecule has 1 aliphatic rings. The fourth-order valence-electron chi connectivity index (χ4n) is 3.43. The van der Waals surface area contributed by atoms with Crippen molar-refractivity contribution in [3.05, 3.63) is 39.8 Å². The van der Waals surface area contributed by atoms with Gasteiger partial charge in [0, 0.05) is 31.1 Å².